The van der Waals surface area contributed by atoms with Crippen LogP contribution in [0.2, 0.25) is 0 Å². The van der Waals surface area contributed by atoms with E-state index < -0.39 is 0 Å². The fourth-order valence-corrected chi connectivity index (χ4v) is 3.15. The van der Waals surface area contributed by atoms with Crippen molar-refractivity contribution in [1.82, 2.24) is 14.9 Å². The fraction of sp³-hybridized carbons (Fsp3) is 0.556. The zero-order chi connectivity index (χ0) is 16.2. The SMILES string of the molecule is Cc1nc2ccccc2nc1NC[C@@H](C(C)C)N1CCOCC1. The number of nitrogens with one attached hydrogen (secondary N) is 1. The fourth-order valence-electron chi connectivity index (χ4n) is 3.15. The van der Waals surface area contributed by atoms with Crippen molar-refractivity contribution in [1.29, 1.82) is 0 Å². The van der Waals surface area contributed by atoms with Gasteiger partial charge in [-0.1, -0.05) is 26.0 Å². The molecule has 2 heterocycles. The molecule has 1 aliphatic rings. The highest BCUT2D eigenvalue weighted by atomic mass is 16.5. The number of benzene rings is 1. The molecule has 2 aromatic rings. The Morgan fingerprint density at radius 2 is 1.78 bits per heavy atom. The second-order valence-electron chi connectivity index (χ2n) is 6.49. The quantitative estimate of drug-likeness (QED) is 0.919. The van der Waals surface area contributed by atoms with Gasteiger partial charge >= 0.3 is 0 Å². The van der Waals surface area contributed by atoms with Crippen LogP contribution in [0, 0.1) is 12.8 Å². The summed E-state index contributed by atoms with van der Waals surface area (Å²) < 4.78 is 5.48. The van der Waals surface area contributed by atoms with Crippen LogP contribution in [0.1, 0.15) is 19.5 Å². The topological polar surface area (TPSA) is 50.3 Å². The Kier molecular flexibility index (Phi) is 5.08. The van der Waals surface area contributed by atoms with Crippen LogP contribution in [0.4, 0.5) is 5.82 Å². The summed E-state index contributed by atoms with van der Waals surface area (Å²) in [6.45, 7) is 11.1. The van der Waals surface area contributed by atoms with Crippen LogP contribution in [-0.4, -0.2) is 53.8 Å². The van der Waals surface area contributed by atoms with Gasteiger partial charge in [0.15, 0.2) is 0 Å². The summed E-state index contributed by atoms with van der Waals surface area (Å²) >= 11 is 0. The van der Waals surface area contributed by atoms with Gasteiger partial charge in [-0.25, -0.2) is 9.97 Å². The molecule has 124 valence electrons. The lowest BCUT2D eigenvalue weighted by Gasteiger charge is -2.37. The van der Waals surface area contributed by atoms with Gasteiger partial charge < -0.3 is 10.1 Å². The van der Waals surface area contributed by atoms with E-state index in [1.807, 2.05) is 31.2 Å². The summed E-state index contributed by atoms with van der Waals surface area (Å²) in [5.41, 5.74) is 2.84. The molecule has 1 atom stereocenters. The minimum atomic E-state index is 0.478. The highest BCUT2D eigenvalue weighted by Gasteiger charge is 2.23. The van der Waals surface area contributed by atoms with Crippen molar-refractivity contribution in [2.24, 2.45) is 5.92 Å². The molecule has 1 aliphatic heterocycles. The van der Waals surface area contributed by atoms with Crippen LogP contribution >= 0.6 is 0 Å². The molecular formula is C18H26N4O. The molecule has 1 aromatic heterocycles. The smallest absolute Gasteiger partial charge is 0.148 e. The molecular weight excluding hydrogens is 288 g/mol. The van der Waals surface area contributed by atoms with Crippen molar-refractivity contribution < 1.29 is 4.74 Å². The van der Waals surface area contributed by atoms with Crippen LogP contribution in [0.15, 0.2) is 24.3 Å². The van der Waals surface area contributed by atoms with Crippen molar-refractivity contribution in [3.05, 3.63) is 30.0 Å². The molecule has 1 aromatic carbocycles. The number of nitrogens with zero attached hydrogens (tertiary/aromatic N) is 3. The number of aryl methyl sites for hydroxylation is 1. The lowest BCUT2D eigenvalue weighted by atomic mass is 10.0. The number of morpholine rings is 1. The molecule has 0 saturated carbocycles. The van der Waals surface area contributed by atoms with E-state index in [0.29, 0.717) is 12.0 Å². The van der Waals surface area contributed by atoms with Gasteiger partial charge in [0.2, 0.25) is 0 Å². The van der Waals surface area contributed by atoms with Gasteiger partial charge in [0.1, 0.15) is 5.82 Å². The van der Waals surface area contributed by atoms with Crippen LogP contribution in [0.3, 0.4) is 0 Å². The Morgan fingerprint density at radius 1 is 1.13 bits per heavy atom. The maximum absolute atomic E-state index is 5.48. The summed E-state index contributed by atoms with van der Waals surface area (Å²) in [6.07, 6.45) is 0. The van der Waals surface area contributed by atoms with Gasteiger partial charge in [-0.2, -0.15) is 0 Å². The maximum Gasteiger partial charge on any atom is 0.148 e. The number of hydrogen-bond donors (Lipinski definition) is 1. The summed E-state index contributed by atoms with van der Waals surface area (Å²) in [5, 5.41) is 3.53. The largest absolute Gasteiger partial charge is 0.379 e. The Labute approximate surface area is 138 Å². The molecule has 3 rings (SSSR count). The Hall–Kier alpha value is -1.72. The van der Waals surface area contributed by atoms with E-state index in [9.17, 15) is 0 Å². The predicted molar refractivity (Wildman–Crippen MR) is 93.8 cm³/mol. The van der Waals surface area contributed by atoms with Gasteiger partial charge in [0.05, 0.1) is 29.9 Å². The zero-order valence-electron chi connectivity index (χ0n) is 14.2. The van der Waals surface area contributed by atoms with E-state index in [4.69, 9.17) is 9.72 Å². The van der Waals surface area contributed by atoms with Crippen LogP contribution in [0.25, 0.3) is 11.0 Å². The number of hydrogen-bond acceptors (Lipinski definition) is 5. The number of rotatable bonds is 5. The molecule has 1 N–H and O–H groups in total. The third-order valence-electron chi connectivity index (χ3n) is 4.51. The Bertz CT molecular complexity index is 653. The minimum Gasteiger partial charge on any atom is -0.379 e. The number of aromatic nitrogens is 2. The van der Waals surface area contributed by atoms with E-state index in [1.54, 1.807) is 0 Å². The first-order valence-electron chi connectivity index (χ1n) is 8.44. The van der Waals surface area contributed by atoms with Crippen molar-refractivity contribution in [3.8, 4) is 0 Å². The molecule has 5 nitrogen and oxygen atoms in total. The molecule has 0 bridgehead atoms. The molecule has 23 heavy (non-hydrogen) atoms. The third-order valence-corrected chi connectivity index (χ3v) is 4.51. The summed E-state index contributed by atoms with van der Waals surface area (Å²) in [5.74, 6) is 1.47. The van der Waals surface area contributed by atoms with Crippen molar-refractivity contribution >= 4 is 16.9 Å². The van der Waals surface area contributed by atoms with Crippen LogP contribution in [-0.2, 0) is 4.74 Å². The van der Waals surface area contributed by atoms with E-state index in [2.05, 4.69) is 29.0 Å². The summed E-state index contributed by atoms with van der Waals surface area (Å²) in [6, 6.07) is 8.49. The molecule has 0 amide bonds. The third kappa shape index (κ3) is 3.79. The second-order valence-corrected chi connectivity index (χ2v) is 6.49. The van der Waals surface area contributed by atoms with Crippen LogP contribution in [0.5, 0.6) is 0 Å². The second kappa shape index (κ2) is 7.23. The first kappa shape index (κ1) is 16.1. The van der Waals surface area contributed by atoms with Gasteiger partial charge in [-0.3, -0.25) is 4.90 Å². The number of ether oxygens (including phenoxy) is 1. The molecule has 1 fully saturated rings. The number of anilines is 1. The number of para-hydroxylation sites is 2. The molecule has 0 spiro atoms. The lowest BCUT2D eigenvalue weighted by Crippen LogP contribution is -2.49. The zero-order valence-corrected chi connectivity index (χ0v) is 14.2. The molecule has 5 heteroatoms. The Morgan fingerprint density at radius 3 is 2.43 bits per heavy atom. The van der Waals surface area contributed by atoms with Gasteiger partial charge in [0.25, 0.3) is 0 Å². The van der Waals surface area contributed by atoms with E-state index in [1.165, 1.54) is 0 Å². The van der Waals surface area contributed by atoms with E-state index in [-0.39, 0.29) is 0 Å². The summed E-state index contributed by atoms with van der Waals surface area (Å²) in [4.78, 5) is 11.9. The average Bonchev–Trinajstić information content (AvgIpc) is 2.56. The molecule has 0 aliphatic carbocycles. The monoisotopic (exact) mass is 314 g/mol. The van der Waals surface area contributed by atoms with E-state index in [0.717, 1.165) is 55.4 Å². The summed E-state index contributed by atoms with van der Waals surface area (Å²) in [7, 11) is 0. The van der Waals surface area contributed by atoms with Crippen LogP contribution < -0.4 is 5.32 Å². The predicted octanol–water partition coefficient (Wildman–Crippen LogP) is 2.71. The van der Waals surface area contributed by atoms with Crippen molar-refractivity contribution in [2.45, 2.75) is 26.8 Å². The van der Waals surface area contributed by atoms with Gasteiger partial charge in [-0.15, -0.1) is 0 Å². The lowest BCUT2D eigenvalue weighted by molar-refractivity contribution is 0.00953. The Balaban J connectivity index is 1.73. The highest BCUT2D eigenvalue weighted by molar-refractivity contribution is 5.76. The van der Waals surface area contributed by atoms with Gasteiger partial charge in [-0.05, 0) is 25.0 Å². The maximum atomic E-state index is 5.48. The first-order valence-corrected chi connectivity index (χ1v) is 8.44. The minimum absolute atomic E-state index is 0.478. The highest BCUT2D eigenvalue weighted by Crippen LogP contribution is 2.18. The molecule has 1 saturated heterocycles. The molecule has 0 radical (unpaired) electrons. The standard InChI is InChI=1S/C18H26N4O/c1-13(2)17(22-8-10-23-11-9-22)12-19-18-14(3)20-15-6-4-5-7-16(15)21-18/h4-7,13,17H,8-12H2,1-3H3,(H,19,21)/t17-/m0/s1. The van der Waals surface area contributed by atoms with Crippen molar-refractivity contribution in [2.75, 3.05) is 38.2 Å². The van der Waals surface area contributed by atoms with Crippen molar-refractivity contribution in [3.63, 3.8) is 0 Å². The van der Waals surface area contributed by atoms with E-state index >= 15 is 0 Å². The van der Waals surface area contributed by atoms with Gasteiger partial charge in [0, 0.05) is 25.7 Å². The average molecular weight is 314 g/mol. The first-order chi connectivity index (χ1) is 11.1. The normalized spacial score (nSPS) is 17.6. The number of fused-ring (bicyclic) bond motifs is 1. The molecule has 0 unspecified atom stereocenters.